The number of hydrogen-bond acceptors (Lipinski definition) is 5. The van der Waals surface area contributed by atoms with Gasteiger partial charge in [-0.1, -0.05) is 44.2 Å². The van der Waals surface area contributed by atoms with Gasteiger partial charge in [-0.15, -0.1) is 11.3 Å². The van der Waals surface area contributed by atoms with Crippen LogP contribution >= 0.6 is 11.3 Å². The molecule has 0 bridgehead atoms. The zero-order valence-corrected chi connectivity index (χ0v) is 20.0. The molecule has 2 aromatic heterocycles. The summed E-state index contributed by atoms with van der Waals surface area (Å²) in [7, 11) is -3.42. The lowest BCUT2D eigenvalue weighted by Crippen LogP contribution is -2.26. The molecule has 0 aliphatic carbocycles. The van der Waals surface area contributed by atoms with E-state index < -0.39 is 21.5 Å². The predicted molar refractivity (Wildman–Crippen MR) is 127 cm³/mol. The molecule has 0 spiro atoms. The molecule has 0 saturated carbocycles. The van der Waals surface area contributed by atoms with Gasteiger partial charge in [0.1, 0.15) is 5.75 Å². The van der Waals surface area contributed by atoms with E-state index in [4.69, 9.17) is 0 Å². The van der Waals surface area contributed by atoms with Gasteiger partial charge >= 0.3 is 0 Å². The number of anilines is 1. The number of aromatic nitrogens is 2. The number of carbonyl (C=O) groups excluding carboxylic acids is 1. The molecule has 0 atom stereocenters. The molecular formula is C23H29N3O3S2. The van der Waals surface area contributed by atoms with E-state index in [1.807, 2.05) is 25.3 Å². The minimum Gasteiger partial charge on any atom is -0.348 e. The highest BCUT2D eigenvalue weighted by Crippen LogP contribution is 2.30. The van der Waals surface area contributed by atoms with Crippen LogP contribution in [0.1, 0.15) is 30.8 Å². The van der Waals surface area contributed by atoms with Gasteiger partial charge in [0.05, 0.1) is 11.4 Å². The second-order valence-corrected chi connectivity index (χ2v) is 11.2. The van der Waals surface area contributed by atoms with Crippen LogP contribution in [-0.4, -0.2) is 35.4 Å². The molecule has 3 aromatic rings. The number of amides is 1. The maximum Gasteiger partial charge on any atom is 0.241 e. The monoisotopic (exact) mass is 459 g/mol. The minimum absolute atomic E-state index is 0.00148. The summed E-state index contributed by atoms with van der Waals surface area (Å²) in [6, 6.07) is 12.5. The number of benzene rings is 1. The Morgan fingerprint density at radius 2 is 1.90 bits per heavy atom. The smallest absolute Gasteiger partial charge is 0.241 e. The molecule has 0 aliphatic rings. The van der Waals surface area contributed by atoms with Gasteiger partial charge in [-0.3, -0.25) is 4.79 Å². The number of hydrogen-bond donors (Lipinski definition) is 1. The molecule has 0 fully saturated rings. The molecule has 0 aliphatic heterocycles. The van der Waals surface area contributed by atoms with Crippen molar-refractivity contribution in [3.63, 3.8) is 0 Å². The number of thiazole rings is 1. The molecule has 2 heterocycles. The van der Waals surface area contributed by atoms with Crippen molar-refractivity contribution in [1.82, 2.24) is 9.55 Å². The molecule has 8 heteroatoms. The molecule has 0 unspecified atom stereocenters. The number of nitrogens with one attached hydrogen (secondary N) is 1. The summed E-state index contributed by atoms with van der Waals surface area (Å²) < 4.78 is 26.3. The van der Waals surface area contributed by atoms with Crippen LogP contribution in [0.3, 0.4) is 0 Å². The van der Waals surface area contributed by atoms with Crippen LogP contribution in [0.5, 0.6) is 0 Å². The Balaban J connectivity index is 1.69. The fourth-order valence-corrected chi connectivity index (χ4v) is 6.00. The van der Waals surface area contributed by atoms with E-state index in [2.05, 4.69) is 59.0 Å². The van der Waals surface area contributed by atoms with E-state index in [-0.39, 0.29) is 11.7 Å². The lowest BCUT2D eigenvalue weighted by Gasteiger charge is -2.09. The van der Waals surface area contributed by atoms with Gasteiger partial charge in [-0.2, -0.15) is 0 Å². The summed E-state index contributed by atoms with van der Waals surface area (Å²) in [6.07, 6.45) is 0.944. The first-order chi connectivity index (χ1) is 14.6. The molecule has 1 amide bonds. The quantitative estimate of drug-likeness (QED) is 0.512. The van der Waals surface area contributed by atoms with Gasteiger partial charge in [0, 0.05) is 28.9 Å². The maximum absolute atomic E-state index is 12.2. The second kappa shape index (κ2) is 9.78. The molecule has 0 radical (unpaired) electrons. The zero-order chi connectivity index (χ0) is 22.6. The summed E-state index contributed by atoms with van der Waals surface area (Å²) in [6.45, 7) is 8.67. The van der Waals surface area contributed by atoms with Gasteiger partial charge in [-0.05, 0) is 37.8 Å². The van der Waals surface area contributed by atoms with Crippen molar-refractivity contribution in [2.45, 2.75) is 40.7 Å². The van der Waals surface area contributed by atoms with E-state index >= 15 is 0 Å². The van der Waals surface area contributed by atoms with Crippen molar-refractivity contribution in [2.75, 3.05) is 16.8 Å². The average molecular weight is 460 g/mol. The SMILES string of the molecule is Cc1cc(-c2csc(NC(=O)CS(=O)(=O)CC(C)C)n2)c(C)n1CCc1ccccc1. The van der Waals surface area contributed by atoms with Crippen molar-refractivity contribution < 1.29 is 13.2 Å². The van der Waals surface area contributed by atoms with Crippen LogP contribution in [0.2, 0.25) is 0 Å². The molecular weight excluding hydrogens is 430 g/mol. The highest BCUT2D eigenvalue weighted by molar-refractivity contribution is 7.92. The van der Waals surface area contributed by atoms with Crippen LogP contribution < -0.4 is 5.32 Å². The normalized spacial score (nSPS) is 11.8. The molecule has 166 valence electrons. The summed E-state index contributed by atoms with van der Waals surface area (Å²) in [5.74, 6) is -1.08. The molecule has 3 rings (SSSR count). The highest BCUT2D eigenvalue weighted by atomic mass is 32.2. The van der Waals surface area contributed by atoms with E-state index in [1.165, 1.54) is 16.9 Å². The Labute approximate surface area is 188 Å². The zero-order valence-electron chi connectivity index (χ0n) is 18.4. The lowest BCUT2D eigenvalue weighted by atomic mass is 10.1. The number of rotatable bonds is 9. The summed E-state index contributed by atoms with van der Waals surface area (Å²) in [4.78, 5) is 16.7. The topological polar surface area (TPSA) is 81.1 Å². The molecule has 6 nitrogen and oxygen atoms in total. The average Bonchev–Trinajstić information content (AvgIpc) is 3.23. The van der Waals surface area contributed by atoms with Crippen molar-refractivity contribution in [2.24, 2.45) is 5.92 Å². The van der Waals surface area contributed by atoms with Crippen molar-refractivity contribution in [3.05, 3.63) is 58.7 Å². The fourth-order valence-electron chi connectivity index (χ4n) is 3.67. The minimum atomic E-state index is -3.42. The second-order valence-electron chi connectivity index (χ2n) is 8.21. The van der Waals surface area contributed by atoms with E-state index in [0.29, 0.717) is 5.13 Å². The van der Waals surface area contributed by atoms with Crippen LogP contribution in [0.25, 0.3) is 11.3 Å². The Morgan fingerprint density at radius 3 is 2.58 bits per heavy atom. The van der Waals surface area contributed by atoms with Crippen molar-refractivity contribution in [3.8, 4) is 11.3 Å². The third-order valence-electron chi connectivity index (χ3n) is 5.01. The molecule has 1 aromatic carbocycles. The summed E-state index contributed by atoms with van der Waals surface area (Å²) in [5.41, 5.74) is 5.37. The van der Waals surface area contributed by atoms with Crippen LogP contribution in [0.15, 0.2) is 41.8 Å². The third-order valence-corrected chi connectivity index (χ3v) is 7.64. The Bertz CT molecular complexity index is 1150. The standard InChI is InChI=1S/C23H29N3O3S2/c1-16(2)14-31(28,29)15-22(27)25-23-24-21(13-30-23)20-12-17(3)26(18(20)4)11-10-19-8-6-5-7-9-19/h5-9,12-13,16H,10-11,14-15H2,1-4H3,(H,24,25,27). The van der Waals surface area contributed by atoms with E-state index in [9.17, 15) is 13.2 Å². The number of aryl methyl sites for hydroxylation is 2. The van der Waals surface area contributed by atoms with Gasteiger partial charge in [0.15, 0.2) is 15.0 Å². The Morgan fingerprint density at radius 1 is 1.19 bits per heavy atom. The third kappa shape index (κ3) is 6.27. The maximum atomic E-state index is 12.2. The molecule has 31 heavy (non-hydrogen) atoms. The number of sulfone groups is 1. The first kappa shape index (κ1) is 23.2. The van der Waals surface area contributed by atoms with E-state index in [0.717, 1.165) is 35.6 Å². The van der Waals surface area contributed by atoms with Crippen LogP contribution in [-0.2, 0) is 27.6 Å². The Kier molecular flexibility index (Phi) is 7.33. The summed E-state index contributed by atoms with van der Waals surface area (Å²) >= 11 is 1.30. The lowest BCUT2D eigenvalue weighted by molar-refractivity contribution is -0.113. The number of carbonyl (C=O) groups is 1. The predicted octanol–water partition coefficient (Wildman–Crippen LogP) is 4.48. The summed E-state index contributed by atoms with van der Waals surface area (Å²) in [5, 5.41) is 4.93. The highest BCUT2D eigenvalue weighted by Gasteiger charge is 2.20. The molecule has 1 N–H and O–H groups in total. The number of nitrogens with zero attached hydrogens (tertiary/aromatic N) is 2. The first-order valence-electron chi connectivity index (χ1n) is 10.3. The first-order valence-corrected chi connectivity index (χ1v) is 13.0. The fraction of sp³-hybridized carbons (Fsp3) is 0.391. The van der Waals surface area contributed by atoms with Crippen molar-refractivity contribution in [1.29, 1.82) is 0 Å². The molecule has 0 saturated heterocycles. The Hall–Kier alpha value is -2.45. The van der Waals surface area contributed by atoms with Crippen LogP contribution in [0.4, 0.5) is 5.13 Å². The largest absolute Gasteiger partial charge is 0.348 e. The van der Waals surface area contributed by atoms with E-state index in [1.54, 1.807) is 0 Å². The van der Waals surface area contributed by atoms with Gasteiger partial charge < -0.3 is 9.88 Å². The van der Waals surface area contributed by atoms with Gasteiger partial charge in [-0.25, -0.2) is 13.4 Å². The van der Waals surface area contributed by atoms with Crippen molar-refractivity contribution >= 4 is 32.2 Å². The van der Waals surface area contributed by atoms with Gasteiger partial charge in [0.25, 0.3) is 0 Å². The van der Waals surface area contributed by atoms with Crippen LogP contribution in [0, 0.1) is 19.8 Å². The van der Waals surface area contributed by atoms with Gasteiger partial charge in [0.2, 0.25) is 5.91 Å².